The van der Waals surface area contributed by atoms with Crippen LogP contribution in [0.3, 0.4) is 0 Å². The number of morpholine rings is 1. The molecule has 74 valence electrons. The molecule has 0 spiro atoms. The van der Waals surface area contributed by atoms with Crippen LogP contribution in [0, 0.1) is 0 Å². The average Bonchev–Trinajstić information content (AvgIpc) is 2.20. The lowest BCUT2D eigenvalue weighted by Gasteiger charge is -2.29. The summed E-state index contributed by atoms with van der Waals surface area (Å²) < 4.78 is 5.68. The Labute approximate surface area is 79.3 Å². The van der Waals surface area contributed by atoms with E-state index in [0.717, 1.165) is 39.0 Å². The van der Waals surface area contributed by atoms with Gasteiger partial charge < -0.3 is 15.8 Å². The third-order valence-corrected chi connectivity index (χ3v) is 2.83. The Morgan fingerprint density at radius 3 is 3.08 bits per heavy atom. The maximum Gasteiger partial charge on any atom is 0.0909 e. The predicted molar refractivity (Wildman–Crippen MR) is 52.5 cm³/mol. The van der Waals surface area contributed by atoms with Crippen LogP contribution >= 0.6 is 0 Å². The first-order valence-electron chi connectivity index (χ1n) is 5.13. The van der Waals surface area contributed by atoms with E-state index in [4.69, 9.17) is 10.5 Å². The zero-order chi connectivity index (χ0) is 9.10. The van der Waals surface area contributed by atoms with E-state index in [1.807, 2.05) is 0 Å². The summed E-state index contributed by atoms with van der Waals surface area (Å²) in [6.07, 6.45) is 5.85. The first kappa shape index (κ1) is 9.19. The topological polar surface area (TPSA) is 47.3 Å². The van der Waals surface area contributed by atoms with Crippen molar-refractivity contribution in [2.24, 2.45) is 5.73 Å². The monoisotopic (exact) mass is 182 g/mol. The van der Waals surface area contributed by atoms with Gasteiger partial charge >= 0.3 is 0 Å². The summed E-state index contributed by atoms with van der Waals surface area (Å²) in [5.74, 6) is 0. The number of nitrogens with two attached hydrogens (primary N) is 1. The Morgan fingerprint density at radius 1 is 1.54 bits per heavy atom. The van der Waals surface area contributed by atoms with Crippen molar-refractivity contribution in [1.82, 2.24) is 5.32 Å². The molecule has 0 aromatic rings. The zero-order valence-corrected chi connectivity index (χ0v) is 7.96. The maximum absolute atomic E-state index is 5.83. The molecule has 1 aliphatic carbocycles. The van der Waals surface area contributed by atoms with E-state index >= 15 is 0 Å². The lowest BCUT2D eigenvalue weighted by molar-refractivity contribution is 0.0486. The minimum atomic E-state index is 0.321. The molecule has 0 aromatic carbocycles. The van der Waals surface area contributed by atoms with Gasteiger partial charge in [0.25, 0.3) is 0 Å². The molecule has 1 fully saturated rings. The Bertz CT molecular complexity index is 197. The van der Waals surface area contributed by atoms with E-state index in [2.05, 4.69) is 11.4 Å². The first-order chi connectivity index (χ1) is 6.36. The Hall–Kier alpha value is -0.380. The maximum atomic E-state index is 5.83. The van der Waals surface area contributed by atoms with Crippen LogP contribution in [0.5, 0.6) is 0 Å². The lowest BCUT2D eigenvalue weighted by Crippen LogP contribution is -2.40. The molecule has 0 aromatic heterocycles. The van der Waals surface area contributed by atoms with Gasteiger partial charge in [-0.05, 0) is 24.8 Å². The third-order valence-electron chi connectivity index (χ3n) is 2.83. The van der Waals surface area contributed by atoms with E-state index < -0.39 is 0 Å². The zero-order valence-electron chi connectivity index (χ0n) is 7.96. The number of hydrogen-bond donors (Lipinski definition) is 2. The van der Waals surface area contributed by atoms with Crippen molar-refractivity contribution in [2.75, 3.05) is 19.7 Å². The van der Waals surface area contributed by atoms with Gasteiger partial charge in [0.05, 0.1) is 12.7 Å². The second-order valence-corrected chi connectivity index (χ2v) is 3.88. The summed E-state index contributed by atoms with van der Waals surface area (Å²) in [6.45, 7) is 2.80. The SMILES string of the molecule is NC1CC=C(C2CNCCO2)CC1. The van der Waals surface area contributed by atoms with Crippen molar-refractivity contribution in [1.29, 1.82) is 0 Å². The summed E-state index contributed by atoms with van der Waals surface area (Å²) in [5, 5.41) is 3.35. The van der Waals surface area contributed by atoms with Crippen LogP contribution in [0.2, 0.25) is 0 Å². The molecule has 0 radical (unpaired) electrons. The summed E-state index contributed by atoms with van der Waals surface area (Å²) in [7, 11) is 0. The fourth-order valence-corrected chi connectivity index (χ4v) is 1.97. The minimum absolute atomic E-state index is 0.321. The molecule has 2 unspecified atom stereocenters. The highest BCUT2D eigenvalue weighted by Gasteiger charge is 2.20. The standard InChI is InChI=1S/C10H18N2O/c11-9-3-1-8(2-4-9)10-7-12-5-6-13-10/h1,9-10,12H,2-7,11H2. The van der Waals surface area contributed by atoms with Gasteiger partial charge in [-0.25, -0.2) is 0 Å². The van der Waals surface area contributed by atoms with E-state index in [1.165, 1.54) is 5.57 Å². The molecule has 3 N–H and O–H groups in total. The van der Waals surface area contributed by atoms with Crippen LogP contribution in [-0.2, 0) is 4.74 Å². The van der Waals surface area contributed by atoms with Crippen molar-refractivity contribution < 1.29 is 4.74 Å². The van der Waals surface area contributed by atoms with Gasteiger partial charge in [0.2, 0.25) is 0 Å². The van der Waals surface area contributed by atoms with Crippen LogP contribution in [0.25, 0.3) is 0 Å². The molecule has 0 saturated carbocycles. The summed E-state index contributed by atoms with van der Waals surface area (Å²) >= 11 is 0. The average molecular weight is 182 g/mol. The quantitative estimate of drug-likeness (QED) is 0.577. The highest BCUT2D eigenvalue weighted by Crippen LogP contribution is 2.22. The molecule has 2 rings (SSSR count). The molecule has 1 saturated heterocycles. The number of hydrogen-bond acceptors (Lipinski definition) is 3. The van der Waals surface area contributed by atoms with Crippen molar-refractivity contribution in [2.45, 2.75) is 31.4 Å². The van der Waals surface area contributed by atoms with Gasteiger partial charge in [-0.3, -0.25) is 0 Å². The van der Waals surface area contributed by atoms with Gasteiger partial charge in [0, 0.05) is 19.1 Å². The van der Waals surface area contributed by atoms with Crippen LogP contribution in [-0.4, -0.2) is 31.8 Å². The van der Waals surface area contributed by atoms with Gasteiger partial charge in [-0.2, -0.15) is 0 Å². The molecule has 2 atom stereocenters. The largest absolute Gasteiger partial charge is 0.371 e. The molecular formula is C10H18N2O. The summed E-state index contributed by atoms with van der Waals surface area (Å²) in [4.78, 5) is 0. The summed E-state index contributed by atoms with van der Waals surface area (Å²) in [5.41, 5.74) is 7.28. The van der Waals surface area contributed by atoms with Crippen molar-refractivity contribution >= 4 is 0 Å². The van der Waals surface area contributed by atoms with Crippen molar-refractivity contribution in [3.63, 3.8) is 0 Å². The molecule has 2 aliphatic rings. The van der Waals surface area contributed by atoms with E-state index in [9.17, 15) is 0 Å². The molecule has 1 aliphatic heterocycles. The Balaban J connectivity index is 1.92. The van der Waals surface area contributed by atoms with Crippen LogP contribution in [0.4, 0.5) is 0 Å². The predicted octanol–water partition coefficient (Wildman–Crippen LogP) is 0.412. The third kappa shape index (κ3) is 2.30. The molecule has 3 nitrogen and oxygen atoms in total. The number of nitrogens with one attached hydrogen (secondary N) is 1. The van der Waals surface area contributed by atoms with E-state index in [1.54, 1.807) is 0 Å². The summed E-state index contributed by atoms with van der Waals surface area (Å²) in [6, 6.07) is 0.375. The fourth-order valence-electron chi connectivity index (χ4n) is 1.97. The molecule has 1 heterocycles. The van der Waals surface area contributed by atoms with Crippen molar-refractivity contribution in [3.05, 3.63) is 11.6 Å². The normalized spacial score (nSPS) is 35.6. The van der Waals surface area contributed by atoms with Crippen molar-refractivity contribution in [3.8, 4) is 0 Å². The Kier molecular flexibility index (Phi) is 2.98. The number of rotatable bonds is 1. The van der Waals surface area contributed by atoms with Crippen LogP contribution in [0.15, 0.2) is 11.6 Å². The smallest absolute Gasteiger partial charge is 0.0909 e. The highest BCUT2D eigenvalue weighted by atomic mass is 16.5. The van der Waals surface area contributed by atoms with E-state index in [-0.39, 0.29) is 0 Å². The molecule has 13 heavy (non-hydrogen) atoms. The van der Waals surface area contributed by atoms with Crippen LogP contribution in [0.1, 0.15) is 19.3 Å². The molecular weight excluding hydrogens is 164 g/mol. The van der Waals surface area contributed by atoms with Gasteiger partial charge in [-0.15, -0.1) is 0 Å². The molecule has 0 bridgehead atoms. The van der Waals surface area contributed by atoms with E-state index in [0.29, 0.717) is 12.1 Å². The number of ether oxygens (including phenoxy) is 1. The lowest BCUT2D eigenvalue weighted by atomic mass is 9.92. The van der Waals surface area contributed by atoms with Gasteiger partial charge in [0.15, 0.2) is 0 Å². The van der Waals surface area contributed by atoms with Crippen LogP contribution < -0.4 is 11.1 Å². The van der Waals surface area contributed by atoms with Gasteiger partial charge in [0.1, 0.15) is 0 Å². The fraction of sp³-hybridized carbons (Fsp3) is 0.800. The Morgan fingerprint density at radius 2 is 2.46 bits per heavy atom. The molecule has 3 heteroatoms. The second-order valence-electron chi connectivity index (χ2n) is 3.88. The first-order valence-corrected chi connectivity index (χ1v) is 5.13. The van der Waals surface area contributed by atoms with Gasteiger partial charge in [-0.1, -0.05) is 6.08 Å². The molecule has 0 amide bonds. The highest BCUT2D eigenvalue weighted by molar-refractivity contribution is 5.14. The minimum Gasteiger partial charge on any atom is -0.371 e. The second kappa shape index (κ2) is 4.22.